The highest BCUT2D eigenvalue weighted by Gasteiger charge is 2.39. The van der Waals surface area contributed by atoms with E-state index in [1.54, 1.807) is 6.20 Å². The molecule has 2 saturated carbocycles. The Hall–Kier alpha value is -2.72. The van der Waals surface area contributed by atoms with Crippen molar-refractivity contribution in [2.45, 2.75) is 44.2 Å². The van der Waals surface area contributed by atoms with Crippen LogP contribution >= 0.6 is 15.9 Å². The first-order chi connectivity index (χ1) is 17.4. The smallest absolute Gasteiger partial charge is 0.253 e. The molecule has 0 radical (unpaired) electrons. The van der Waals surface area contributed by atoms with Crippen LogP contribution in [0.2, 0.25) is 0 Å². The Morgan fingerprint density at radius 3 is 2.47 bits per heavy atom. The van der Waals surface area contributed by atoms with Crippen LogP contribution in [-0.2, 0) is 4.79 Å². The number of benzene rings is 1. The van der Waals surface area contributed by atoms with Crippen LogP contribution in [0, 0.1) is 5.92 Å². The van der Waals surface area contributed by atoms with Gasteiger partial charge < -0.3 is 25.3 Å². The second-order valence-corrected chi connectivity index (χ2v) is 11.0. The van der Waals surface area contributed by atoms with Gasteiger partial charge in [0.05, 0.1) is 10.4 Å². The largest absolute Gasteiger partial charge is 0.365 e. The van der Waals surface area contributed by atoms with Crippen LogP contribution in [0.4, 0.5) is 17.5 Å². The zero-order valence-corrected chi connectivity index (χ0v) is 22.5. The molecule has 2 heterocycles. The molecule has 2 amide bonds. The molecule has 9 nitrogen and oxygen atoms in total. The maximum absolute atomic E-state index is 13.0. The first kappa shape index (κ1) is 25.0. The Labute approximate surface area is 220 Å². The van der Waals surface area contributed by atoms with Gasteiger partial charge in [0.25, 0.3) is 5.91 Å². The molecule has 2 N–H and O–H groups in total. The number of hydrogen-bond acceptors (Lipinski definition) is 7. The van der Waals surface area contributed by atoms with E-state index < -0.39 is 0 Å². The predicted octanol–water partition coefficient (Wildman–Crippen LogP) is 3.57. The Morgan fingerprint density at radius 1 is 1.06 bits per heavy atom. The summed E-state index contributed by atoms with van der Waals surface area (Å²) in [4.78, 5) is 41.0. The number of nitrogens with zero attached hydrogens (tertiary/aromatic N) is 5. The van der Waals surface area contributed by atoms with E-state index >= 15 is 0 Å². The number of nitrogens with one attached hydrogen (secondary N) is 2. The number of rotatable bonds is 7. The summed E-state index contributed by atoms with van der Waals surface area (Å²) < 4.78 is 0.759. The number of carbonyl (C=O) groups is 2. The number of likely N-dealkylation sites (N-methyl/N-ethyl adjacent to an activating group) is 1. The monoisotopic (exact) mass is 555 g/mol. The molecule has 1 saturated heterocycles. The summed E-state index contributed by atoms with van der Waals surface area (Å²) in [7, 11) is 4.01. The number of anilines is 3. The van der Waals surface area contributed by atoms with Gasteiger partial charge in [0.2, 0.25) is 11.9 Å². The van der Waals surface area contributed by atoms with Gasteiger partial charge in [-0.1, -0.05) is 6.42 Å². The molecule has 2 aliphatic carbocycles. The number of amides is 2. The third-order valence-corrected chi connectivity index (χ3v) is 8.10. The molecule has 3 aliphatic rings. The van der Waals surface area contributed by atoms with E-state index in [1.807, 2.05) is 41.1 Å². The molecule has 192 valence electrons. The van der Waals surface area contributed by atoms with Crippen LogP contribution in [0.1, 0.15) is 42.5 Å². The lowest BCUT2D eigenvalue weighted by Gasteiger charge is -2.32. The van der Waals surface area contributed by atoms with Crippen molar-refractivity contribution in [1.82, 2.24) is 24.7 Å². The molecular formula is C26H34BrN7O2. The molecule has 0 bridgehead atoms. The number of piperazine rings is 1. The van der Waals surface area contributed by atoms with Crippen LogP contribution in [0.25, 0.3) is 0 Å². The molecule has 0 spiro atoms. The standard InChI is InChI=1S/C26H34BrN7O2/c1-32-12-14-34(15-13-32)24(35)17-6-8-18(9-7-17)29-26-28-16-21(27)23(31-26)30-22-5-3-4-20(22)25(36)33(2)19-10-11-19/h6-9,16,19-20,22H,3-5,10-15H2,1-2H3,(H2,28,29,30,31)/t20-,22+/m0/s1. The van der Waals surface area contributed by atoms with Gasteiger partial charge in [-0.25, -0.2) is 4.98 Å². The summed E-state index contributed by atoms with van der Waals surface area (Å²) >= 11 is 3.55. The van der Waals surface area contributed by atoms with Gasteiger partial charge in [-0.3, -0.25) is 9.59 Å². The third-order valence-electron chi connectivity index (χ3n) is 7.52. The topological polar surface area (TPSA) is 93.7 Å². The lowest BCUT2D eigenvalue weighted by atomic mass is 10.0. The average molecular weight is 557 g/mol. The summed E-state index contributed by atoms with van der Waals surface area (Å²) in [5.74, 6) is 1.40. The molecule has 1 aromatic carbocycles. The normalized spacial score (nSPS) is 22.4. The minimum Gasteiger partial charge on any atom is -0.365 e. The van der Waals surface area contributed by atoms with E-state index in [0.717, 1.165) is 68.4 Å². The van der Waals surface area contributed by atoms with Crippen LogP contribution in [0.15, 0.2) is 34.9 Å². The van der Waals surface area contributed by atoms with Crippen molar-refractivity contribution in [3.63, 3.8) is 0 Å². The van der Waals surface area contributed by atoms with Gasteiger partial charge in [-0.15, -0.1) is 0 Å². The fourth-order valence-corrected chi connectivity index (χ4v) is 5.36. The fraction of sp³-hybridized carbons (Fsp3) is 0.538. The van der Waals surface area contributed by atoms with E-state index in [1.165, 1.54) is 0 Å². The van der Waals surface area contributed by atoms with E-state index in [-0.39, 0.29) is 23.8 Å². The molecule has 10 heteroatoms. The summed E-state index contributed by atoms with van der Waals surface area (Å²) in [6, 6.07) is 7.90. The Bertz CT molecular complexity index is 1100. The Kier molecular flexibility index (Phi) is 7.43. The van der Waals surface area contributed by atoms with Crippen molar-refractivity contribution < 1.29 is 9.59 Å². The molecule has 36 heavy (non-hydrogen) atoms. The number of carbonyl (C=O) groups excluding carboxylic acids is 2. The van der Waals surface area contributed by atoms with Crippen LogP contribution in [-0.4, -0.2) is 88.8 Å². The van der Waals surface area contributed by atoms with Gasteiger partial charge >= 0.3 is 0 Å². The number of hydrogen-bond donors (Lipinski definition) is 2. The van der Waals surface area contributed by atoms with Gasteiger partial charge in [0.15, 0.2) is 0 Å². The van der Waals surface area contributed by atoms with Crippen molar-refractivity contribution in [1.29, 1.82) is 0 Å². The Balaban J connectivity index is 1.22. The molecule has 0 unspecified atom stereocenters. The highest BCUT2D eigenvalue weighted by molar-refractivity contribution is 9.10. The Morgan fingerprint density at radius 2 is 1.78 bits per heavy atom. The van der Waals surface area contributed by atoms with Crippen LogP contribution < -0.4 is 10.6 Å². The first-order valence-corrected chi connectivity index (χ1v) is 13.6. The predicted molar refractivity (Wildman–Crippen MR) is 143 cm³/mol. The molecular weight excluding hydrogens is 522 g/mol. The van der Waals surface area contributed by atoms with E-state index in [0.29, 0.717) is 23.4 Å². The quantitative estimate of drug-likeness (QED) is 0.539. The van der Waals surface area contributed by atoms with Gasteiger partial charge in [-0.05, 0) is 72.9 Å². The van der Waals surface area contributed by atoms with Gasteiger partial charge in [0.1, 0.15) is 5.82 Å². The zero-order chi connectivity index (χ0) is 25.2. The van der Waals surface area contributed by atoms with Crippen molar-refractivity contribution in [3.05, 3.63) is 40.5 Å². The van der Waals surface area contributed by atoms with E-state index in [4.69, 9.17) is 0 Å². The van der Waals surface area contributed by atoms with E-state index in [2.05, 4.69) is 48.5 Å². The van der Waals surface area contributed by atoms with Crippen molar-refractivity contribution in [3.8, 4) is 0 Å². The SMILES string of the molecule is CN1CCN(C(=O)c2ccc(Nc3ncc(Br)c(N[C@@H]4CCC[C@@H]4C(=O)N(C)C4CC4)n3)cc2)CC1. The zero-order valence-electron chi connectivity index (χ0n) is 20.9. The van der Waals surface area contributed by atoms with Crippen molar-refractivity contribution >= 4 is 45.2 Å². The van der Waals surface area contributed by atoms with Crippen LogP contribution in [0.3, 0.4) is 0 Å². The van der Waals surface area contributed by atoms with Gasteiger partial charge in [0, 0.05) is 62.8 Å². The molecule has 1 aliphatic heterocycles. The third kappa shape index (κ3) is 5.64. The molecule has 2 atom stereocenters. The van der Waals surface area contributed by atoms with Crippen molar-refractivity contribution in [2.75, 3.05) is 50.9 Å². The molecule has 1 aromatic heterocycles. The number of aromatic nitrogens is 2. The van der Waals surface area contributed by atoms with Crippen molar-refractivity contribution in [2.24, 2.45) is 5.92 Å². The highest BCUT2D eigenvalue weighted by Crippen LogP contribution is 2.34. The summed E-state index contributed by atoms with van der Waals surface area (Å²) in [6.45, 7) is 3.30. The summed E-state index contributed by atoms with van der Waals surface area (Å²) in [6.07, 6.45) is 6.82. The van der Waals surface area contributed by atoms with E-state index in [9.17, 15) is 9.59 Å². The summed E-state index contributed by atoms with van der Waals surface area (Å²) in [5.41, 5.74) is 1.48. The highest BCUT2D eigenvalue weighted by atomic mass is 79.9. The minimum absolute atomic E-state index is 0.0285. The fourth-order valence-electron chi connectivity index (χ4n) is 5.05. The maximum Gasteiger partial charge on any atom is 0.253 e. The molecule has 2 aromatic rings. The average Bonchev–Trinajstić information content (AvgIpc) is 3.64. The minimum atomic E-state index is -0.0285. The lowest BCUT2D eigenvalue weighted by Crippen LogP contribution is -2.47. The van der Waals surface area contributed by atoms with Crippen LogP contribution in [0.5, 0.6) is 0 Å². The molecule has 5 rings (SSSR count). The number of halogens is 1. The lowest BCUT2D eigenvalue weighted by molar-refractivity contribution is -0.134. The first-order valence-electron chi connectivity index (χ1n) is 12.8. The summed E-state index contributed by atoms with van der Waals surface area (Å²) in [5, 5.41) is 6.74. The second kappa shape index (κ2) is 10.7. The maximum atomic E-state index is 13.0. The molecule has 3 fully saturated rings. The second-order valence-electron chi connectivity index (χ2n) is 10.2. The van der Waals surface area contributed by atoms with Gasteiger partial charge in [-0.2, -0.15) is 4.98 Å².